The van der Waals surface area contributed by atoms with Gasteiger partial charge in [-0.25, -0.2) is 0 Å². The highest BCUT2D eigenvalue weighted by Crippen LogP contribution is 2.26. The minimum Gasteiger partial charge on any atom is -0.458 e. The van der Waals surface area contributed by atoms with Crippen molar-refractivity contribution in [1.82, 2.24) is 0 Å². The van der Waals surface area contributed by atoms with Crippen molar-refractivity contribution in [3.8, 4) is 5.75 Å². The maximum Gasteiger partial charge on any atom is 0.301 e. The Balaban J connectivity index is 2.15. The molecule has 0 aliphatic heterocycles. The Morgan fingerprint density at radius 2 is 2.05 bits per heavy atom. The zero-order valence-corrected chi connectivity index (χ0v) is 10.4. The predicted octanol–water partition coefficient (Wildman–Crippen LogP) is 2.51. The first-order valence-electron chi connectivity index (χ1n) is 5.82. The highest BCUT2D eigenvalue weighted by molar-refractivity contribution is 5.87. The fourth-order valence-corrected chi connectivity index (χ4v) is 1.84. The molecule has 98 valence electrons. The topological polar surface area (TPSA) is 69.4 Å². The number of hydrogen-bond acceptors (Lipinski definition) is 4. The summed E-state index contributed by atoms with van der Waals surface area (Å²) in [5, 5.41) is 11.0. The summed E-state index contributed by atoms with van der Waals surface area (Å²) in [5.41, 5.74) is -1.65. The zero-order chi connectivity index (χ0) is 13.9. The second kappa shape index (κ2) is 5.06. The van der Waals surface area contributed by atoms with E-state index in [4.69, 9.17) is 4.74 Å². The van der Waals surface area contributed by atoms with E-state index >= 15 is 0 Å². The van der Waals surface area contributed by atoms with Gasteiger partial charge in [-0.15, -0.1) is 0 Å². The van der Waals surface area contributed by atoms with E-state index in [2.05, 4.69) is 0 Å². The summed E-state index contributed by atoms with van der Waals surface area (Å²) in [7, 11) is 0. The summed E-state index contributed by atoms with van der Waals surface area (Å²) in [5.74, 6) is 0.670. The molecule has 0 aromatic heterocycles. The van der Waals surface area contributed by atoms with Gasteiger partial charge in [0.25, 0.3) is 0 Å². The number of Topliss-reactive ketones (excluding diaryl/α,β-unsaturated/α-hetero) is 1. The molecule has 0 bridgehead atoms. The molecule has 2 rings (SSSR count). The lowest BCUT2D eigenvalue weighted by Gasteiger charge is -2.21. The van der Waals surface area contributed by atoms with E-state index in [0.717, 1.165) is 0 Å². The SMILES string of the molecule is CC(=O)[C@]1([N+](=O)[O-])C=CC(Oc2ccccc2)=CC1. The summed E-state index contributed by atoms with van der Waals surface area (Å²) in [6.07, 6.45) is 4.35. The molecule has 0 spiro atoms. The van der Waals surface area contributed by atoms with Crippen LogP contribution in [0, 0.1) is 10.1 Å². The van der Waals surface area contributed by atoms with Crippen molar-refractivity contribution in [2.75, 3.05) is 0 Å². The van der Waals surface area contributed by atoms with E-state index in [-0.39, 0.29) is 6.42 Å². The van der Waals surface area contributed by atoms with Crippen molar-refractivity contribution in [3.63, 3.8) is 0 Å². The lowest BCUT2D eigenvalue weighted by molar-refractivity contribution is -0.537. The summed E-state index contributed by atoms with van der Waals surface area (Å²) in [4.78, 5) is 22.0. The minimum atomic E-state index is -1.65. The number of rotatable bonds is 4. The van der Waals surface area contributed by atoms with E-state index in [1.165, 1.54) is 19.1 Å². The monoisotopic (exact) mass is 259 g/mol. The minimum absolute atomic E-state index is 0.00794. The number of nitrogens with zero attached hydrogens (tertiary/aromatic N) is 1. The smallest absolute Gasteiger partial charge is 0.301 e. The van der Waals surface area contributed by atoms with Crippen LogP contribution in [0.15, 0.2) is 54.3 Å². The maximum atomic E-state index is 11.5. The van der Waals surface area contributed by atoms with E-state index in [9.17, 15) is 14.9 Å². The molecule has 0 N–H and O–H groups in total. The van der Waals surface area contributed by atoms with Gasteiger partial charge in [0, 0.05) is 17.9 Å². The normalized spacial score (nSPS) is 21.6. The van der Waals surface area contributed by atoms with Crippen LogP contribution in [0.5, 0.6) is 5.75 Å². The standard InChI is InChI=1S/C14H13NO4/c1-11(16)14(15(17)18)9-7-13(8-10-14)19-12-5-3-2-4-6-12/h2-9H,10H2,1H3/t14-/m0/s1. The molecule has 1 aliphatic rings. The Bertz CT molecular complexity index is 546. The van der Waals surface area contributed by atoms with Crippen LogP contribution < -0.4 is 4.74 Å². The first kappa shape index (κ1) is 13.0. The van der Waals surface area contributed by atoms with E-state index in [1.807, 2.05) is 18.2 Å². The van der Waals surface area contributed by atoms with Gasteiger partial charge < -0.3 is 4.74 Å². The number of carbonyl (C=O) groups is 1. The van der Waals surface area contributed by atoms with E-state index in [1.54, 1.807) is 18.2 Å². The Morgan fingerprint density at radius 3 is 2.53 bits per heavy atom. The van der Waals surface area contributed by atoms with Gasteiger partial charge in [0.2, 0.25) is 5.78 Å². The molecule has 19 heavy (non-hydrogen) atoms. The van der Waals surface area contributed by atoms with Gasteiger partial charge in [-0.3, -0.25) is 14.9 Å². The average Bonchev–Trinajstić information content (AvgIpc) is 2.40. The number of ketones is 1. The third kappa shape index (κ3) is 2.54. The lowest BCUT2D eigenvalue weighted by Crippen LogP contribution is -2.44. The number of ether oxygens (including phenoxy) is 1. The van der Waals surface area contributed by atoms with E-state index in [0.29, 0.717) is 11.5 Å². The summed E-state index contributed by atoms with van der Waals surface area (Å²) >= 11 is 0. The first-order chi connectivity index (χ1) is 9.04. The van der Waals surface area contributed by atoms with Gasteiger partial charge in [0.05, 0.1) is 6.42 Å². The molecule has 0 unspecified atom stereocenters. The third-order valence-corrected chi connectivity index (χ3v) is 3.05. The Hall–Kier alpha value is -2.43. The molecule has 1 aliphatic carbocycles. The number of benzene rings is 1. The zero-order valence-electron chi connectivity index (χ0n) is 10.4. The molecule has 5 nitrogen and oxygen atoms in total. The van der Waals surface area contributed by atoms with Crippen LogP contribution in [0.25, 0.3) is 0 Å². The molecule has 0 heterocycles. The lowest BCUT2D eigenvalue weighted by atomic mass is 9.88. The van der Waals surface area contributed by atoms with Gasteiger partial charge in [0.15, 0.2) is 0 Å². The van der Waals surface area contributed by atoms with Crippen LogP contribution in [0.1, 0.15) is 13.3 Å². The average molecular weight is 259 g/mol. The number of para-hydroxylation sites is 1. The molecular weight excluding hydrogens is 246 g/mol. The van der Waals surface area contributed by atoms with Gasteiger partial charge in [-0.05, 0) is 24.3 Å². The fourth-order valence-electron chi connectivity index (χ4n) is 1.84. The van der Waals surface area contributed by atoms with Crippen LogP contribution in [0.3, 0.4) is 0 Å². The molecule has 0 amide bonds. The second-order valence-electron chi connectivity index (χ2n) is 4.30. The Kier molecular flexibility index (Phi) is 3.46. The molecule has 0 fully saturated rings. The molecule has 5 heteroatoms. The summed E-state index contributed by atoms with van der Waals surface area (Å²) < 4.78 is 5.55. The maximum absolute atomic E-state index is 11.5. The second-order valence-corrected chi connectivity index (χ2v) is 4.30. The number of hydrogen-bond donors (Lipinski definition) is 0. The molecule has 1 aromatic carbocycles. The van der Waals surface area contributed by atoms with Gasteiger partial charge in [-0.1, -0.05) is 18.2 Å². The van der Waals surface area contributed by atoms with Crippen molar-refractivity contribution in [2.24, 2.45) is 0 Å². The predicted molar refractivity (Wildman–Crippen MR) is 69.3 cm³/mol. The molecule has 1 atom stereocenters. The number of carbonyl (C=O) groups excluding carboxylic acids is 1. The molecule has 0 saturated carbocycles. The van der Waals surface area contributed by atoms with Gasteiger partial charge >= 0.3 is 5.54 Å². The van der Waals surface area contributed by atoms with Gasteiger partial charge in [0.1, 0.15) is 11.5 Å². The van der Waals surface area contributed by atoms with Gasteiger partial charge in [-0.2, -0.15) is 0 Å². The van der Waals surface area contributed by atoms with Crippen molar-refractivity contribution < 1.29 is 14.5 Å². The fraction of sp³-hybridized carbons (Fsp3) is 0.214. The third-order valence-electron chi connectivity index (χ3n) is 3.05. The van der Waals surface area contributed by atoms with Crippen LogP contribution in [0.4, 0.5) is 0 Å². The van der Waals surface area contributed by atoms with Crippen molar-refractivity contribution in [3.05, 3.63) is 64.4 Å². The van der Waals surface area contributed by atoms with Crippen LogP contribution >= 0.6 is 0 Å². The molecule has 0 radical (unpaired) electrons. The Morgan fingerprint density at radius 1 is 1.37 bits per heavy atom. The quantitative estimate of drug-likeness (QED) is 0.615. The van der Waals surface area contributed by atoms with Crippen LogP contribution in [-0.2, 0) is 4.79 Å². The number of allylic oxidation sites excluding steroid dienone is 1. The highest BCUT2D eigenvalue weighted by atomic mass is 16.6. The highest BCUT2D eigenvalue weighted by Gasteiger charge is 2.46. The number of nitro groups is 1. The summed E-state index contributed by atoms with van der Waals surface area (Å²) in [6.45, 7) is 1.23. The van der Waals surface area contributed by atoms with Crippen molar-refractivity contribution in [2.45, 2.75) is 18.9 Å². The largest absolute Gasteiger partial charge is 0.458 e. The van der Waals surface area contributed by atoms with E-state index < -0.39 is 16.2 Å². The summed E-state index contributed by atoms with van der Waals surface area (Å²) in [6, 6.07) is 9.11. The van der Waals surface area contributed by atoms with Crippen LogP contribution in [-0.4, -0.2) is 16.2 Å². The van der Waals surface area contributed by atoms with Crippen molar-refractivity contribution >= 4 is 5.78 Å². The first-order valence-corrected chi connectivity index (χ1v) is 5.82. The molecular formula is C14H13NO4. The van der Waals surface area contributed by atoms with Crippen molar-refractivity contribution in [1.29, 1.82) is 0 Å². The Labute approximate surface area is 110 Å². The van der Waals surface area contributed by atoms with Crippen LogP contribution in [0.2, 0.25) is 0 Å². The molecule has 1 aromatic rings. The molecule has 0 saturated heterocycles.